The molecule has 0 aliphatic carbocycles. The van der Waals surface area contributed by atoms with E-state index in [1.54, 1.807) is 13.1 Å². The van der Waals surface area contributed by atoms with Gasteiger partial charge in [0.2, 0.25) is 5.89 Å². The average molecular weight is 192 g/mol. The maximum atomic E-state index is 5.14. The van der Waals surface area contributed by atoms with Crippen molar-refractivity contribution in [3.8, 4) is 0 Å². The third-order valence-electron chi connectivity index (χ3n) is 2.20. The van der Waals surface area contributed by atoms with Crippen LogP contribution in [-0.4, -0.2) is 20.3 Å². The zero-order valence-corrected chi connectivity index (χ0v) is 8.40. The highest BCUT2D eigenvalue weighted by molar-refractivity contribution is 5.21. The van der Waals surface area contributed by atoms with Gasteiger partial charge in [0.05, 0.1) is 11.1 Å². The molecule has 0 unspecified atom stereocenters. The molecule has 2 heterocycles. The Hall–Kier alpha value is -1.65. The van der Waals surface area contributed by atoms with E-state index in [-0.39, 0.29) is 5.41 Å². The zero-order chi connectivity index (χ0) is 10.2. The smallest absolute Gasteiger partial charge is 0.238 e. The topological polar surface area (TPSA) is 67.6 Å². The van der Waals surface area contributed by atoms with Gasteiger partial charge in [0.25, 0.3) is 0 Å². The molecule has 0 aliphatic heterocycles. The number of aromatic nitrogens is 4. The van der Waals surface area contributed by atoms with Crippen molar-refractivity contribution in [3.05, 3.63) is 29.7 Å². The molecule has 0 bridgehead atoms. The molecule has 0 aromatic carbocycles. The summed E-state index contributed by atoms with van der Waals surface area (Å²) < 4.78 is 5.14. The largest absolute Gasteiger partial charge is 0.338 e. The zero-order valence-electron chi connectivity index (χ0n) is 8.40. The maximum absolute atomic E-state index is 5.14. The second kappa shape index (κ2) is 2.94. The number of H-pyrrole nitrogens is 1. The lowest BCUT2D eigenvalue weighted by Gasteiger charge is -2.16. The van der Waals surface area contributed by atoms with Crippen LogP contribution in [0.5, 0.6) is 0 Å². The number of rotatable bonds is 2. The summed E-state index contributed by atoms with van der Waals surface area (Å²) >= 11 is 0. The fourth-order valence-corrected chi connectivity index (χ4v) is 1.27. The highest BCUT2D eigenvalue weighted by Crippen LogP contribution is 2.27. The van der Waals surface area contributed by atoms with Gasteiger partial charge in [-0.05, 0) is 26.8 Å². The lowest BCUT2D eigenvalue weighted by molar-refractivity contribution is 0.327. The van der Waals surface area contributed by atoms with E-state index >= 15 is 0 Å². The van der Waals surface area contributed by atoms with Crippen LogP contribution in [0, 0.1) is 6.92 Å². The summed E-state index contributed by atoms with van der Waals surface area (Å²) in [6, 6.07) is 1.90. The van der Waals surface area contributed by atoms with Crippen molar-refractivity contribution in [3.63, 3.8) is 0 Å². The third kappa shape index (κ3) is 1.30. The van der Waals surface area contributed by atoms with Gasteiger partial charge < -0.3 is 4.52 Å². The van der Waals surface area contributed by atoms with Crippen LogP contribution in [0.4, 0.5) is 0 Å². The number of hydrogen-bond donors (Lipinski definition) is 1. The number of hydrogen-bond acceptors (Lipinski definition) is 4. The Morgan fingerprint density at radius 1 is 1.43 bits per heavy atom. The highest BCUT2D eigenvalue weighted by Gasteiger charge is 2.31. The molecule has 0 saturated heterocycles. The molecule has 0 amide bonds. The predicted molar refractivity (Wildman–Crippen MR) is 49.8 cm³/mol. The van der Waals surface area contributed by atoms with E-state index < -0.39 is 0 Å². The minimum Gasteiger partial charge on any atom is -0.338 e. The highest BCUT2D eigenvalue weighted by atomic mass is 16.5. The number of aromatic amines is 1. The molecule has 0 saturated carbocycles. The Bertz CT molecular complexity index is 416. The van der Waals surface area contributed by atoms with E-state index in [2.05, 4.69) is 20.3 Å². The Labute approximate surface area is 81.5 Å². The average Bonchev–Trinajstić information content (AvgIpc) is 2.72. The van der Waals surface area contributed by atoms with Crippen molar-refractivity contribution in [2.45, 2.75) is 26.2 Å². The van der Waals surface area contributed by atoms with Crippen molar-refractivity contribution >= 4 is 0 Å². The molecule has 0 atom stereocenters. The standard InChI is InChI=1S/C9H12N4O/c1-6-11-8(14-13-6)9(2,3)7-4-5-10-12-7/h4-5H,1-3H3,(H,10,12). The summed E-state index contributed by atoms with van der Waals surface area (Å²) in [6.07, 6.45) is 1.78. The molecule has 0 aliphatic rings. The summed E-state index contributed by atoms with van der Waals surface area (Å²) in [5, 5.41) is 10.7. The first-order valence-corrected chi connectivity index (χ1v) is 4.42. The molecule has 14 heavy (non-hydrogen) atoms. The molecule has 5 heteroatoms. The molecule has 0 fully saturated rings. The summed E-state index contributed by atoms with van der Waals surface area (Å²) in [5.41, 5.74) is 0.544. The van der Waals surface area contributed by atoms with Gasteiger partial charge in [-0.1, -0.05) is 5.16 Å². The van der Waals surface area contributed by atoms with Gasteiger partial charge in [-0.25, -0.2) is 0 Å². The lowest BCUT2D eigenvalue weighted by Crippen LogP contribution is -2.20. The SMILES string of the molecule is Cc1noc(C(C)(C)c2cc[nH]n2)n1. The van der Waals surface area contributed by atoms with Gasteiger partial charge in [-0.15, -0.1) is 0 Å². The fourth-order valence-electron chi connectivity index (χ4n) is 1.27. The predicted octanol–water partition coefficient (Wildman–Crippen LogP) is 1.43. The van der Waals surface area contributed by atoms with Crippen LogP contribution in [0.15, 0.2) is 16.8 Å². The van der Waals surface area contributed by atoms with Gasteiger partial charge in [0.15, 0.2) is 5.82 Å². The molecular formula is C9H12N4O. The Kier molecular flexibility index (Phi) is 1.87. The van der Waals surface area contributed by atoms with Crippen molar-refractivity contribution < 1.29 is 4.52 Å². The fraction of sp³-hybridized carbons (Fsp3) is 0.444. The van der Waals surface area contributed by atoms with Crippen LogP contribution in [0.3, 0.4) is 0 Å². The first kappa shape index (κ1) is 8.93. The maximum Gasteiger partial charge on any atom is 0.238 e. The quantitative estimate of drug-likeness (QED) is 0.781. The van der Waals surface area contributed by atoms with Gasteiger partial charge in [-0.2, -0.15) is 10.1 Å². The van der Waals surface area contributed by atoms with E-state index in [9.17, 15) is 0 Å². The Morgan fingerprint density at radius 2 is 2.21 bits per heavy atom. The molecular weight excluding hydrogens is 180 g/mol. The van der Waals surface area contributed by atoms with E-state index in [0.29, 0.717) is 11.7 Å². The first-order chi connectivity index (χ1) is 6.60. The molecule has 5 nitrogen and oxygen atoms in total. The summed E-state index contributed by atoms with van der Waals surface area (Å²) in [6.45, 7) is 5.79. The molecule has 0 spiro atoms. The lowest BCUT2D eigenvalue weighted by atomic mass is 9.89. The molecule has 2 aromatic rings. The number of nitrogens with zero attached hydrogens (tertiary/aromatic N) is 3. The summed E-state index contributed by atoms with van der Waals surface area (Å²) in [7, 11) is 0. The minimum atomic E-state index is -0.346. The second-order valence-electron chi connectivity index (χ2n) is 3.73. The minimum absolute atomic E-state index is 0.346. The molecule has 2 aromatic heterocycles. The molecule has 2 rings (SSSR count). The normalized spacial score (nSPS) is 11.9. The van der Waals surface area contributed by atoms with E-state index in [1.165, 1.54) is 0 Å². The number of nitrogens with one attached hydrogen (secondary N) is 1. The van der Waals surface area contributed by atoms with Crippen molar-refractivity contribution in [2.75, 3.05) is 0 Å². The van der Waals surface area contributed by atoms with E-state index in [1.807, 2.05) is 19.9 Å². The number of aryl methyl sites for hydroxylation is 1. The van der Waals surface area contributed by atoms with Crippen LogP contribution < -0.4 is 0 Å². The van der Waals surface area contributed by atoms with Crippen molar-refractivity contribution in [1.82, 2.24) is 20.3 Å². The Balaban J connectivity index is 2.42. The van der Waals surface area contributed by atoms with Crippen LogP contribution >= 0.6 is 0 Å². The van der Waals surface area contributed by atoms with E-state index in [4.69, 9.17) is 4.52 Å². The monoisotopic (exact) mass is 192 g/mol. The Morgan fingerprint density at radius 3 is 2.71 bits per heavy atom. The van der Waals surface area contributed by atoms with Crippen LogP contribution in [0.2, 0.25) is 0 Å². The molecule has 1 N–H and O–H groups in total. The summed E-state index contributed by atoms with van der Waals surface area (Å²) in [4.78, 5) is 4.21. The third-order valence-corrected chi connectivity index (χ3v) is 2.20. The van der Waals surface area contributed by atoms with Gasteiger partial charge >= 0.3 is 0 Å². The van der Waals surface area contributed by atoms with Gasteiger partial charge in [0.1, 0.15) is 0 Å². The van der Waals surface area contributed by atoms with Crippen LogP contribution in [-0.2, 0) is 5.41 Å². The first-order valence-electron chi connectivity index (χ1n) is 4.42. The van der Waals surface area contributed by atoms with Crippen LogP contribution in [0.25, 0.3) is 0 Å². The second-order valence-corrected chi connectivity index (χ2v) is 3.73. The van der Waals surface area contributed by atoms with Gasteiger partial charge in [-0.3, -0.25) is 5.10 Å². The molecule has 0 radical (unpaired) electrons. The summed E-state index contributed by atoms with van der Waals surface area (Å²) in [5.74, 6) is 1.23. The van der Waals surface area contributed by atoms with Gasteiger partial charge in [0, 0.05) is 6.20 Å². The van der Waals surface area contributed by atoms with Crippen LogP contribution in [0.1, 0.15) is 31.3 Å². The van der Waals surface area contributed by atoms with E-state index in [0.717, 1.165) is 5.69 Å². The van der Waals surface area contributed by atoms with Crippen molar-refractivity contribution in [2.24, 2.45) is 0 Å². The molecule has 74 valence electrons. The van der Waals surface area contributed by atoms with Crippen molar-refractivity contribution in [1.29, 1.82) is 0 Å².